The number of anilines is 1. The van der Waals surface area contributed by atoms with Crippen molar-refractivity contribution in [3.8, 4) is 23.0 Å². The molecule has 1 aromatic heterocycles. The molecule has 0 radical (unpaired) electrons. The summed E-state index contributed by atoms with van der Waals surface area (Å²) in [6, 6.07) is 14.7. The number of hydrogen-bond acceptors (Lipinski definition) is 9. The zero-order valence-electron chi connectivity index (χ0n) is 22.7. The number of benzene rings is 3. The van der Waals surface area contributed by atoms with Gasteiger partial charge in [-0.2, -0.15) is 0 Å². The zero-order valence-corrected chi connectivity index (χ0v) is 23.5. The molecular weight excluding hydrogens is 532 g/mol. The summed E-state index contributed by atoms with van der Waals surface area (Å²) in [7, 11) is 4.45. The van der Waals surface area contributed by atoms with Gasteiger partial charge in [-0.3, -0.25) is 14.5 Å². The Hall–Kier alpha value is -4.57. The predicted octanol–water partition coefficient (Wildman–Crippen LogP) is 5.66. The number of carbonyl (C=O) groups excluding carboxylic acids is 2. The minimum Gasteiger partial charge on any atom is -0.507 e. The van der Waals surface area contributed by atoms with E-state index in [1.165, 1.54) is 37.6 Å². The number of amides is 1. The van der Waals surface area contributed by atoms with Gasteiger partial charge in [-0.1, -0.05) is 17.4 Å². The standard InChI is InChI=1S/C30H28N2O7S/c1-6-39-19-10-8-17(9-11-19)26(33)24-25(18-14-21(36-3)28(38-5)22(15-18)37-4)32(29(35)27(24)34)30-31-20-12-7-16(2)13-23(20)40-30/h7-15,25,33H,6H2,1-5H3/b26-24+/t25-/m0/s1. The van der Waals surface area contributed by atoms with E-state index in [9.17, 15) is 14.7 Å². The number of hydrogen-bond donors (Lipinski definition) is 1. The topological polar surface area (TPSA) is 107 Å². The van der Waals surface area contributed by atoms with Crippen LogP contribution in [0.3, 0.4) is 0 Å². The lowest BCUT2D eigenvalue weighted by Crippen LogP contribution is -2.29. The normalized spacial score (nSPS) is 16.4. The Bertz CT molecular complexity index is 1620. The summed E-state index contributed by atoms with van der Waals surface area (Å²) in [5, 5.41) is 11.8. The van der Waals surface area contributed by atoms with Gasteiger partial charge in [0.1, 0.15) is 11.5 Å². The fraction of sp³-hybridized carbons (Fsp3) is 0.233. The summed E-state index contributed by atoms with van der Waals surface area (Å²) in [4.78, 5) is 33.3. The van der Waals surface area contributed by atoms with Crippen LogP contribution in [-0.4, -0.2) is 49.7 Å². The molecule has 9 nitrogen and oxygen atoms in total. The van der Waals surface area contributed by atoms with Crippen LogP contribution in [0.15, 0.2) is 60.2 Å². The van der Waals surface area contributed by atoms with Crippen LogP contribution in [0.1, 0.15) is 29.7 Å². The van der Waals surface area contributed by atoms with Crippen molar-refractivity contribution in [2.45, 2.75) is 19.9 Å². The number of rotatable bonds is 8. The second-order valence-electron chi connectivity index (χ2n) is 9.05. The number of Topliss-reactive ketones (excluding diaryl/α,β-unsaturated/α-hetero) is 1. The first-order chi connectivity index (χ1) is 19.3. The molecule has 40 heavy (non-hydrogen) atoms. The van der Waals surface area contributed by atoms with Gasteiger partial charge < -0.3 is 24.1 Å². The van der Waals surface area contributed by atoms with Crippen LogP contribution in [0.25, 0.3) is 16.0 Å². The van der Waals surface area contributed by atoms with Crippen LogP contribution in [0.2, 0.25) is 0 Å². The maximum atomic E-state index is 13.6. The van der Waals surface area contributed by atoms with Crippen molar-refractivity contribution in [2.75, 3.05) is 32.8 Å². The molecule has 0 bridgehead atoms. The molecule has 4 aromatic rings. The van der Waals surface area contributed by atoms with Crippen LogP contribution in [-0.2, 0) is 9.59 Å². The van der Waals surface area contributed by atoms with Gasteiger partial charge >= 0.3 is 5.91 Å². The number of carbonyl (C=O) groups is 2. The molecule has 3 aromatic carbocycles. The number of aliphatic hydroxyl groups excluding tert-OH is 1. The lowest BCUT2D eigenvalue weighted by atomic mass is 9.94. The third-order valence-electron chi connectivity index (χ3n) is 6.62. The Morgan fingerprint density at radius 1 is 0.975 bits per heavy atom. The van der Waals surface area contributed by atoms with Gasteiger partial charge in [0, 0.05) is 5.56 Å². The number of aromatic nitrogens is 1. The van der Waals surface area contributed by atoms with E-state index in [1.54, 1.807) is 36.4 Å². The molecule has 0 spiro atoms. The Kier molecular flexibility index (Phi) is 7.36. The van der Waals surface area contributed by atoms with Gasteiger partial charge in [0.2, 0.25) is 5.75 Å². The van der Waals surface area contributed by atoms with Crippen LogP contribution >= 0.6 is 11.3 Å². The summed E-state index contributed by atoms with van der Waals surface area (Å²) < 4.78 is 23.0. The highest BCUT2D eigenvalue weighted by atomic mass is 32.1. The maximum absolute atomic E-state index is 13.6. The predicted molar refractivity (Wildman–Crippen MR) is 153 cm³/mol. The number of nitrogens with zero attached hydrogens (tertiary/aromatic N) is 2. The van der Waals surface area contributed by atoms with E-state index in [-0.39, 0.29) is 11.3 Å². The monoisotopic (exact) mass is 560 g/mol. The number of ether oxygens (including phenoxy) is 4. The first kappa shape index (κ1) is 27.0. The highest BCUT2D eigenvalue weighted by molar-refractivity contribution is 7.22. The molecule has 1 amide bonds. The van der Waals surface area contributed by atoms with Crippen molar-refractivity contribution in [3.63, 3.8) is 0 Å². The molecule has 0 saturated carbocycles. The highest BCUT2D eigenvalue weighted by Crippen LogP contribution is 2.48. The fourth-order valence-electron chi connectivity index (χ4n) is 4.76. The first-order valence-electron chi connectivity index (χ1n) is 12.5. The van der Waals surface area contributed by atoms with E-state index in [4.69, 9.17) is 18.9 Å². The van der Waals surface area contributed by atoms with Gasteiger partial charge in [0.15, 0.2) is 16.6 Å². The average Bonchev–Trinajstić information content (AvgIpc) is 3.49. The van der Waals surface area contributed by atoms with E-state index >= 15 is 0 Å². The van der Waals surface area contributed by atoms with Crippen LogP contribution in [0, 0.1) is 6.92 Å². The SMILES string of the molecule is CCOc1ccc(/C(O)=C2\C(=O)C(=O)N(c3nc4ccc(C)cc4s3)[C@H]2c2cc(OC)c(OC)c(OC)c2)cc1. The first-order valence-corrected chi connectivity index (χ1v) is 13.3. The van der Waals surface area contributed by atoms with E-state index in [1.807, 2.05) is 32.0 Å². The fourth-order valence-corrected chi connectivity index (χ4v) is 5.85. The molecular formula is C30H28N2O7S. The van der Waals surface area contributed by atoms with Crippen molar-refractivity contribution < 1.29 is 33.6 Å². The van der Waals surface area contributed by atoms with Crippen LogP contribution < -0.4 is 23.8 Å². The lowest BCUT2D eigenvalue weighted by Gasteiger charge is -2.24. The number of methoxy groups -OCH3 is 3. The van der Waals surface area contributed by atoms with Crippen molar-refractivity contribution in [1.29, 1.82) is 0 Å². The maximum Gasteiger partial charge on any atom is 0.301 e. The van der Waals surface area contributed by atoms with E-state index < -0.39 is 17.7 Å². The Labute approximate surface area is 235 Å². The molecule has 1 aliphatic heterocycles. The van der Waals surface area contributed by atoms with Crippen LogP contribution in [0.4, 0.5) is 5.13 Å². The molecule has 0 unspecified atom stereocenters. The molecule has 1 N–H and O–H groups in total. The summed E-state index contributed by atoms with van der Waals surface area (Å²) in [6.07, 6.45) is 0. The van der Waals surface area contributed by atoms with Crippen molar-refractivity contribution in [2.24, 2.45) is 0 Å². The van der Waals surface area contributed by atoms with Gasteiger partial charge in [0.25, 0.3) is 5.78 Å². The molecule has 1 aliphatic rings. The number of aliphatic hydroxyl groups is 1. The largest absolute Gasteiger partial charge is 0.507 e. The highest BCUT2D eigenvalue weighted by Gasteiger charge is 2.48. The van der Waals surface area contributed by atoms with Gasteiger partial charge in [-0.05, 0) is 73.5 Å². The van der Waals surface area contributed by atoms with Crippen LogP contribution in [0.5, 0.6) is 23.0 Å². The Balaban J connectivity index is 1.75. The Morgan fingerprint density at radius 2 is 1.65 bits per heavy atom. The van der Waals surface area contributed by atoms with E-state index in [0.717, 1.165) is 10.3 Å². The second kappa shape index (κ2) is 10.9. The molecule has 2 heterocycles. The zero-order chi connectivity index (χ0) is 28.6. The quantitative estimate of drug-likeness (QED) is 0.167. The second-order valence-corrected chi connectivity index (χ2v) is 10.1. The van der Waals surface area contributed by atoms with E-state index in [0.29, 0.717) is 51.4 Å². The Morgan fingerprint density at radius 3 is 2.25 bits per heavy atom. The molecule has 1 atom stereocenters. The molecule has 5 rings (SSSR count). The molecule has 206 valence electrons. The van der Waals surface area contributed by atoms with Gasteiger partial charge in [-0.25, -0.2) is 4.98 Å². The van der Waals surface area contributed by atoms with Gasteiger partial charge in [0.05, 0.1) is 49.8 Å². The molecule has 1 saturated heterocycles. The number of ketones is 1. The summed E-state index contributed by atoms with van der Waals surface area (Å²) >= 11 is 1.29. The molecule has 0 aliphatic carbocycles. The van der Waals surface area contributed by atoms with Crippen molar-refractivity contribution in [1.82, 2.24) is 4.98 Å². The molecule has 1 fully saturated rings. The number of thiazole rings is 1. The third-order valence-corrected chi connectivity index (χ3v) is 7.64. The average molecular weight is 561 g/mol. The third kappa shape index (κ3) is 4.60. The van der Waals surface area contributed by atoms with Crippen molar-refractivity contribution in [3.05, 3.63) is 76.9 Å². The van der Waals surface area contributed by atoms with Gasteiger partial charge in [-0.15, -0.1) is 0 Å². The number of fused-ring (bicyclic) bond motifs is 1. The molecule has 10 heteroatoms. The smallest absolute Gasteiger partial charge is 0.301 e. The summed E-state index contributed by atoms with van der Waals surface area (Å²) in [5.41, 5.74) is 2.48. The van der Waals surface area contributed by atoms with E-state index in [2.05, 4.69) is 4.98 Å². The summed E-state index contributed by atoms with van der Waals surface area (Å²) in [5.74, 6) is -0.313. The summed E-state index contributed by atoms with van der Waals surface area (Å²) in [6.45, 7) is 4.33. The minimum atomic E-state index is -1.03. The minimum absolute atomic E-state index is 0.0844. The number of aryl methyl sites for hydroxylation is 1. The van der Waals surface area contributed by atoms with Crippen molar-refractivity contribution >= 4 is 44.1 Å². The lowest BCUT2D eigenvalue weighted by molar-refractivity contribution is -0.132.